The van der Waals surface area contributed by atoms with Crippen LogP contribution in [0, 0.1) is 0 Å². The molecule has 1 aliphatic carbocycles. The van der Waals surface area contributed by atoms with Crippen LogP contribution in [0.5, 0.6) is 0 Å². The molecule has 1 aromatic rings. The van der Waals surface area contributed by atoms with Crippen molar-refractivity contribution >= 4 is 5.97 Å². The minimum atomic E-state index is -1.03. The molecule has 0 atom stereocenters. The van der Waals surface area contributed by atoms with E-state index in [1.807, 2.05) is 0 Å². The summed E-state index contributed by atoms with van der Waals surface area (Å²) in [5.41, 5.74) is 0.750. The highest BCUT2D eigenvalue weighted by Gasteiger charge is 2.33. The second-order valence-electron chi connectivity index (χ2n) is 3.96. The van der Waals surface area contributed by atoms with Crippen LogP contribution in [0.3, 0.4) is 0 Å². The Bertz CT molecular complexity index is 400. The summed E-state index contributed by atoms with van der Waals surface area (Å²) in [7, 11) is 0. The first-order valence-corrected chi connectivity index (χ1v) is 5.59. The molecule has 1 aliphatic rings. The molecule has 94 valence electrons. The zero-order chi connectivity index (χ0) is 12.3. The van der Waals surface area contributed by atoms with Gasteiger partial charge in [0.2, 0.25) is 0 Å². The average Bonchev–Trinajstić information content (AvgIpc) is 3.05. The van der Waals surface area contributed by atoms with Crippen LogP contribution < -0.4 is 0 Å². The second-order valence-corrected chi connectivity index (χ2v) is 3.96. The number of carboxylic acids is 1. The summed E-state index contributed by atoms with van der Waals surface area (Å²) in [4.78, 5) is 11.0. The van der Waals surface area contributed by atoms with Crippen molar-refractivity contribution in [2.45, 2.75) is 25.3 Å². The second kappa shape index (κ2) is 5.24. The van der Waals surface area contributed by atoms with Gasteiger partial charge in [-0.1, -0.05) is 5.21 Å². The van der Waals surface area contributed by atoms with E-state index in [1.165, 1.54) is 0 Å². The number of aliphatic hydroxyl groups is 1. The Morgan fingerprint density at radius 3 is 2.82 bits per heavy atom. The fraction of sp³-hybridized carbons (Fsp3) is 0.700. The molecule has 0 unspecified atom stereocenters. The van der Waals surface area contributed by atoms with Crippen molar-refractivity contribution in [2.75, 3.05) is 19.8 Å². The highest BCUT2D eigenvalue weighted by Crippen LogP contribution is 2.41. The Kier molecular flexibility index (Phi) is 3.70. The molecule has 0 aromatic carbocycles. The van der Waals surface area contributed by atoms with Crippen LogP contribution in [0.25, 0.3) is 0 Å². The first kappa shape index (κ1) is 12.0. The van der Waals surface area contributed by atoms with Crippen molar-refractivity contribution in [3.8, 4) is 0 Å². The fourth-order valence-electron chi connectivity index (χ4n) is 1.72. The molecule has 0 amide bonds. The summed E-state index contributed by atoms with van der Waals surface area (Å²) in [5, 5.41) is 25.1. The van der Waals surface area contributed by atoms with Crippen molar-refractivity contribution in [3.63, 3.8) is 0 Å². The van der Waals surface area contributed by atoms with Crippen molar-refractivity contribution in [1.82, 2.24) is 15.0 Å². The lowest BCUT2D eigenvalue weighted by Crippen LogP contribution is -2.13. The molecule has 0 spiro atoms. The highest BCUT2D eigenvalue weighted by molar-refractivity contribution is 5.86. The Hall–Kier alpha value is -1.47. The summed E-state index contributed by atoms with van der Waals surface area (Å²) < 4.78 is 6.72. The molecular weight excluding hydrogens is 226 g/mol. The number of rotatable bonds is 7. The fourth-order valence-corrected chi connectivity index (χ4v) is 1.72. The Morgan fingerprint density at radius 1 is 1.47 bits per heavy atom. The molecule has 0 radical (unpaired) electrons. The van der Waals surface area contributed by atoms with Crippen LogP contribution in [0.2, 0.25) is 0 Å². The van der Waals surface area contributed by atoms with Crippen LogP contribution in [0.1, 0.15) is 34.9 Å². The summed E-state index contributed by atoms with van der Waals surface area (Å²) in [6.07, 6.45) is 1.98. The number of hydrogen-bond donors (Lipinski definition) is 2. The van der Waals surface area contributed by atoms with Gasteiger partial charge in [-0.15, -0.1) is 5.10 Å². The maximum atomic E-state index is 11.0. The van der Waals surface area contributed by atoms with Gasteiger partial charge in [-0.3, -0.25) is 0 Å². The van der Waals surface area contributed by atoms with E-state index in [1.54, 1.807) is 4.68 Å². The van der Waals surface area contributed by atoms with E-state index in [2.05, 4.69) is 10.3 Å². The van der Waals surface area contributed by atoms with Crippen LogP contribution in [-0.2, 0) is 11.3 Å². The first-order valence-electron chi connectivity index (χ1n) is 5.59. The van der Waals surface area contributed by atoms with Gasteiger partial charge in [0.25, 0.3) is 0 Å². The van der Waals surface area contributed by atoms with Gasteiger partial charge >= 0.3 is 5.97 Å². The zero-order valence-electron chi connectivity index (χ0n) is 9.37. The minimum absolute atomic E-state index is 0.0206. The Morgan fingerprint density at radius 2 is 2.24 bits per heavy atom. The molecule has 0 bridgehead atoms. The van der Waals surface area contributed by atoms with Gasteiger partial charge in [-0.2, -0.15) is 0 Å². The quantitative estimate of drug-likeness (QED) is 0.645. The van der Waals surface area contributed by atoms with E-state index >= 15 is 0 Å². The number of aliphatic hydroxyl groups excluding tert-OH is 1. The van der Waals surface area contributed by atoms with E-state index in [-0.39, 0.29) is 24.8 Å². The van der Waals surface area contributed by atoms with Gasteiger partial charge in [0.05, 0.1) is 32.1 Å². The monoisotopic (exact) mass is 241 g/mol. The number of aromatic nitrogens is 3. The van der Waals surface area contributed by atoms with Gasteiger partial charge in [0.15, 0.2) is 5.69 Å². The van der Waals surface area contributed by atoms with E-state index in [0.717, 1.165) is 12.8 Å². The molecule has 1 fully saturated rings. The lowest BCUT2D eigenvalue weighted by molar-refractivity contribution is 0.0688. The number of carbonyl (C=O) groups is 1. The summed E-state index contributed by atoms with van der Waals surface area (Å²) in [6.45, 7) is 1.11. The molecule has 1 heterocycles. The molecule has 17 heavy (non-hydrogen) atoms. The summed E-state index contributed by atoms with van der Waals surface area (Å²) >= 11 is 0. The average molecular weight is 241 g/mol. The number of carboxylic acid groups (broad SMARTS) is 1. The van der Waals surface area contributed by atoms with Crippen LogP contribution in [-0.4, -0.2) is 51.0 Å². The molecule has 7 heteroatoms. The third kappa shape index (κ3) is 2.80. The zero-order valence-corrected chi connectivity index (χ0v) is 9.37. The molecule has 1 saturated carbocycles. The van der Waals surface area contributed by atoms with E-state index in [9.17, 15) is 4.79 Å². The summed E-state index contributed by atoms with van der Waals surface area (Å²) in [6, 6.07) is 0. The molecule has 1 aromatic heterocycles. The molecule has 2 rings (SSSR count). The number of ether oxygens (including phenoxy) is 1. The lowest BCUT2D eigenvalue weighted by Gasteiger charge is -2.06. The molecule has 7 nitrogen and oxygen atoms in total. The molecular formula is C10H15N3O4. The number of aromatic carboxylic acids is 1. The minimum Gasteiger partial charge on any atom is -0.476 e. The van der Waals surface area contributed by atoms with Gasteiger partial charge in [-0.25, -0.2) is 9.48 Å². The van der Waals surface area contributed by atoms with Gasteiger partial charge < -0.3 is 14.9 Å². The highest BCUT2D eigenvalue weighted by atomic mass is 16.5. The van der Waals surface area contributed by atoms with Gasteiger partial charge in [-0.05, 0) is 12.8 Å². The smallest absolute Gasteiger partial charge is 0.358 e. The van der Waals surface area contributed by atoms with E-state index in [0.29, 0.717) is 18.8 Å². The van der Waals surface area contributed by atoms with Crippen molar-refractivity contribution < 1.29 is 19.7 Å². The van der Waals surface area contributed by atoms with Crippen LogP contribution in [0.4, 0.5) is 0 Å². The SMILES string of the molecule is O=C(O)c1nnn(CCOCCO)c1C1CC1. The predicted octanol–water partition coefficient (Wildman–Crippen LogP) is -0.137. The van der Waals surface area contributed by atoms with Crippen molar-refractivity contribution in [3.05, 3.63) is 11.4 Å². The number of hydrogen-bond acceptors (Lipinski definition) is 5. The Balaban J connectivity index is 2.03. The Labute approximate surface area is 98.0 Å². The number of nitrogens with zero attached hydrogens (tertiary/aromatic N) is 3. The van der Waals surface area contributed by atoms with E-state index in [4.69, 9.17) is 14.9 Å². The maximum absolute atomic E-state index is 11.0. The molecule has 2 N–H and O–H groups in total. The predicted molar refractivity (Wildman–Crippen MR) is 56.9 cm³/mol. The third-order valence-corrected chi connectivity index (χ3v) is 2.62. The first-order chi connectivity index (χ1) is 8.24. The largest absolute Gasteiger partial charge is 0.476 e. The van der Waals surface area contributed by atoms with Gasteiger partial charge in [0, 0.05) is 5.92 Å². The third-order valence-electron chi connectivity index (χ3n) is 2.62. The lowest BCUT2D eigenvalue weighted by atomic mass is 10.2. The normalized spacial score (nSPS) is 15.1. The topological polar surface area (TPSA) is 97.5 Å². The summed E-state index contributed by atoms with van der Waals surface area (Å²) in [5.74, 6) is -0.761. The molecule has 0 aliphatic heterocycles. The maximum Gasteiger partial charge on any atom is 0.358 e. The molecule has 0 saturated heterocycles. The van der Waals surface area contributed by atoms with Crippen molar-refractivity contribution in [2.24, 2.45) is 0 Å². The van der Waals surface area contributed by atoms with Crippen LogP contribution >= 0.6 is 0 Å². The van der Waals surface area contributed by atoms with E-state index < -0.39 is 5.97 Å². The van der Waals surface area contributed by atoms with Gasteiger partial charge in [0.1, 0.15) is 0 Å². The standard InChI is InChI=1S/C10H15N3O4/c14-4-6-17-5-3-13-9(7-1-2-7)8(10(15)16)11-12-13/h7,14H,1-6H2,(H,15,16). The van der Waals surface area contributed by atoms with Crippen molar-refractivity contribution in [1.29, 1.82) is 0 Å². The van der Waals surface area contributed by atoms with Crippen LogP contribution in [0.15, 0.2) is 0 Å².